The van der Waals surface area contributed by atoms with E-state index in [0.717, 1.165) is 39.6 Å². The molecule has 182 valence electrons. The van der Waals surface area contributed by atoms with Crippen molar-refractivity contribution in [2.45, 2.75) is 0 Å². The summed E-state index contributed by atoms with van der Waals surface area (Å²) in [5, 5.41) is 32.6. The normalized spacial score (nSPS) is 10.7. The molecule has 0 amide bonds. The lowest BCUT2D eigenvalue weighted by Crippen LogP contribution is -2.09. The molecule has 0 aliphatic rings. The minimum Gasteiger partial charge on any atom is -0.497 e. The molecule has 0 unspecified atom stereocenters. The fourth-order valence-corrected chi connectivity index (χ4v) is 5.05. The molecule has 0 saturated carbocycles. The van der Waals surface area contributed by atoms with Gasteiger partial charge in [0.25, 0.3) is 5.75 Å². The van der Waals surface area contributed by atoms with E-state index in [1.807, 2.05) is 91.0 Å². The molecule has 37 heavy (non-hydrogen) atoms. The second-order valence-electron chi connectivity index (χ2n) is 8.09. The number of benzene rings is 4. The van der Waals surface area contributed by atoms with E-state index in [4.69, 9.17) is 0 Å². The van der Waals surface area contributed by atoms with Crippen molar-refractivity contribution in [2.75, 3.05) is 4.90 Å². The minimum atomic E-state index is -0.951. The zero-order valence-electron chi connectivity index (χ0n) is 19.2. The van der Waals surface area contributed by atoms with Crippen molar-refractivity contribution in [1.82, 2.24) is 0 Å². The van der Waals surface area contributed by atoms with Crippen LogP contribution in [0.3, 0.4) is 0 Å². The summed E-state index contributed by atoms with van der Waals surface area (Å²) in [7, 11) is 0. The zero-order valence-corrected chi connectivity index (χ0v) is 20.0. The van der Waals surface area contributed by atoms with Crippen molar-refractivity contribution in [1.29, 1.82) is 0 Å². The van der Waals surface area contributed by atoms with Crippen LogP contribution in [0, 0.1) is 20.2 Å². The number of phenols is 1. The fraction of sp³-hybridized carbons (Fsp3) is 0. The molecule has 0 aliphatic carbocycles. The zero-order chi connectivity index (χ0) is 25.9. The number of anilines is 3. The lowest BCUT2D eigenvalue weighted by molar-refractivity contribution is -0.396. The Morgan fingerprint density at radius 2 is 1.03 bits per heavy atom. The fourth-order valence-electron chi connectivity index (χ4n) is 4.05. The summed E-state index contributed by atoms with van der Waals surface area (Å²) in [6.07, 6.45) is 0. The van der Waals surface area contributed by atoms with Gasteiger partial charge in [0.05, 0.1) is 9.85 Å². The number of nitro groups is 2. The van der Waals surface area contributed by atoms with Crippen molar-refractivity contribution in [3.05, 3.63) is 129 Å². The van der Waals surface area contributed by atoms with Gasteiger partial charge < -0.3 is 10.0 Å². The monoisotopic (exact) mass is 509 g/mol. The molecule has 0 radical (unpaired) electrons. The average Bonchev–Trinajstić information content (AvgIpc) is 3.41. The highest BCUT2D eigenvalue weighted by Gasteiger charge is 2.27. The van der Waals surface area contributed by atoms with Crippen LogP contribution in [0.2, 0.25) is 0 Å². The molecule has 0 atom stereocenters. The maximum Gasteiger partial charge on any atom is 0.318 e. The molecule has 0 spiro atoms. The van der Waals surface area contributed by atoms with E-state index in [-0.39, 0.29) is 0 Å². The van der Waals surface area contributed by atoms with Crippen molar-refractivity contribution < 1.29 is 15.0 Å². The predicted molar refractivity (Wildman–Crippen MR) is 145 cm³/mol. The van der Waals surface area contributed by atoms with E-state index in [1.165, 1.54) is 11.3 Å². The van der Waals surface area contributed by atoms with Crippen LogP contribution >= 0.6 is 11.3 Å². The average molecular weight is 510 g/mol. The molecular formula is C28H19N3O5S. The Hall–Kier alpha value is -5.02. The van der Waals surface area contributed by atoms with E-state index < -0.39 is 27.0 Å². The molecule has 1 heterocycles. The van der Waals surface area contributed by atoms with Gasteiger partial charge in [-0.15, -0.1) is 11.3 Å². The first-order valence-electron chi connectivity index (χ1n) is 11.2. The summed E-state index contributed by atoms with van der Waals surface area (Å²) in [6, 6.07) is 34.0. The van der Waals surface area contributed by atoms with Gasteiger partial charge in [-0.05, 0) is 54.1 Å². The van der Waals surface area contributed by atoms with Gasteiger partial charge in [0, 0.05) is 44.5 Å². The standard InChI is InChI=1S/C28H19N3O5S/c32-28-24(30(33)34)17-20(18-25(28)31(35)36)27-16-15-26(37-27)19-11-13-23(14-12-19)29(21-7-3-1-4-8-21)22-9-5-2-6-10-22/h1-18,32H. The largest absolute Gasteiger partial charge is 0.497 e. The number of aromatic hydroxyl groups is 1. The number of hydrogen-bond donors (Lipinski definition) is 1. The molecule has 0 fully saturated rings. The SMILES string of the molecule is O=[N+]([O-])c1cc(-c2ccc(-c3ccc(N(c4ccccc4)c4ccccc4)cc3)s2)cc([N+](=O)[O-])c1O. The number of nitrogens with zero attached hydrogens (tertiary/aromatic N) is 3. The third kappa shape index (κ3) is 4.75. The number of phenolic OH excluding ortho intramolecular Hbond substituents is 1. The topological polar surface area (TPSA) is 110 Å². The van der Waals surface area contributed by atoms with Crippen LogP contribution in [0.15, 0.2) is 109 Å². The summed E-state index contributed by atoms with van der Waals surface area (Å²) in [5.74, 6) is -0.951. The molecule has 0 bridgehead atoms. The van der Waals surface area contributed by atoms with E-state index in [1.54, 1.807) is 6.07 Å². The number of rotatable bonds is 7. The Morgan fingerprint density at radius 3 is 1.49 bits per heavy atom. The summed E-state index contributed by atoms with van der Waals surface area (Å²) >= 11 is 1.35. The van der Waals surface area contributed by atoms with Gasteiger partial charge in [0.2, 0.25) is 0 Å². The van der Waals surface area contributed by atoms with Crippen LogP contribution in [-0.2, 0) is 0 Å². The lowest BCUT2D eigenvalue weighted by Gasteiger charge is -2.25. The van der Waals surface area contributed by atoms with Crippen molar-refractivity contribution >= 4 is 39.8 Å². The summed E-state index contributed by atoms with van der Waals surface area (Å²) in [4.78, 5) is 24.6. The second-order valence-corrected chi connectivity index (χ2v) is 9.18. The van der Waals surface area contributed by atoms with Crippen molar-refractivity contribution in [3.8, 4) is 26.6 Å². The number of thiophene rings is 1. The molecule has 1 N–H and O–H groups in total. The minimum absolute atomic E-state index is 0.295. The quantitative estimate of drug-likeness (QED) is 0.175. The lowest BCUT2D eigenvalue weighted by atomic mass is 10.1. The van der Waals surface area contributed by atoms with Gasteiger partial charge in [-0.2, -0.15) is 0 Å². The third-order valence-electron chi connectivity index (χ3n) is 5.79. The Morgan fingerprint density at radius 1 is 0.595 bits per heavy atom. The number of hydrogen-bond acceptors (Lipinski definition) is 7. The van der Waals surface area contributed by atoms with Crippen LogP contribution in [0.5, 0.6) is 5.75 Å². The van der Waals surface area contributed by atoms with Gasteiger partial charge in [-0.3, -0.25) is 20.2 Å². The van der Waals surface area contributed by atoms with Gasteiger partial charge in [-0.25, -0.2) is 0 Å². The van der Waals surface area contributed by atoms with Crippen molar-refractivity contribution in [3.63, 3.8) is 0 Å². The highest BCUT2D eigenvalue weighted by Crippen LogP contribution is 2.43. The van der Waals surface area contributed by atoms with E-state index in [9.17, 15) is 25.3 Å². The first-order chi connectivity index (χ1) is 17.9. The maximum absolute atomic E-state index is 11.3. The maximum atomic E-state index is 11.3. The van der Waals surface area contributed by atoms with E-state index in [2.05, 4.69) is 4.90 Å². The first-order valence-corrected chi connectivity index (χ1v) is 12.0. The Bertz CT molecular complexity index is 1510. The molecule has 8 nitrogen and oxygen atoms in total. The predicted octanol–water partition coefficient (Wildman–Crippen LogP) is 8.07. The number of para-hydroxylation sites is 2. The molecule has 5 aromatic rings. The van der Waals surface area contributed by atoms with Crippen LogP contribution in [-0.4, -0.2) is 15.0 Å². The van der Waals surface area contributed by atoms with E-state index >= 15 is 0 Å². The smallest absolute Gasteiger partial charge is 0.318 e. The molecule has 4 aromatic carbocycles. The summed E-state index contributed by atoms with van der Waals surface area (Å²) in [6.45, 7) is 0. The third-order valence-corrected chi connectivity index (χ3v) is 6.98. The molecule has 9 heteroatoms. The Balaban J connectivity index is 1.49. The molecule has 5 rings (SSSR count). The molecule has 1 aromatic heterocycles. The summed E-state index contributed by atoms with van der Waals surface area (Å²) in [5.41, 5.74) is 2.84. The van der Waals surface area contributed by atoms with Crippen molar-refractivity contribution in [2.24, 2.45) is 0 Å². The van der Waals surface area contributed by atoms with Gasteiger partial charge in [0.1, 0.15) is 0 Å². The van der Waals surface area contributed by atoms with Crippen LogP contribution in [0.4, 0.5) is 28.4 Å². The molecular weight excluding hydrogens is 490 g/mol. The van der Waals surface area contributed by atoms with E-state index in [0.29, 0.717) is 10.4 Å². The Kier molecular flexibility index (Phi) is 6.36. The molecule has 0 saturated heterocycles. The van der Waals surface area contributed by atoms with Crippen LogP contribution < -0.4 is 4.90 Å². The first kappa shape index (κ1) is 23.7. The van der Waals surface area contributed by atoms with Gasteiger partial charge in [-0.1, -0.05) is 48.5 Å². The molecule has 0 aliphatic heterocycles. The highest BCUT2D eigenvalue weighted by atomic mass is 32.1. The summed E-state index contributed by atoms with van der Waals surface area (Å²) < 4.78 is 0. The Labute approximate surface area is 215 Å². The van der Waals surface area contributed by atoms with Crippen LogP contribution in [0.1, 0.15) is 0 Å². The van der Waals surface area contributed by atoms with Gasteiger partial charge >= 0.3 is 11.4 Å². The second kappa shape index (κ2) is 9.92. The number of nitro benzene ring substituents is 2. The van der Waals surface area contributed by atoms with Crippen LogP contribution in [0.25, 0.3) is 20.9 Å². The highest BCUT2D eigenvalue weighted by molar-refractivity contribution is 7.18. The van der Waals surface area contributed by atoms with Gasteiger partial charge in [0.15, 0.2) is 0 Å².